The lowest BCUT2D eigenvalue weighted by Crippen LogP contribution is -2.41. The maximum Gasteiger partial charge on any atom is 0.305 e. The van der Waals surface area contributed by atoms with Gasteiger partial charge in [0.15, 0.2) is 0 Å². The van der Waals surface area contributed by atoms with Crippen LogP contribution in [-0.4, -0.2) is 17.1 Å². The summed E-state index contributed by atoms with van der Waals surface area (Å²) in [5.74, 6) is 0.636. The van der Waals surface area contributed by atoms with Gasteiger partial charge in [0, 0.05) is 10.9 Å². The van der Waals surface area contributed by atoms with Crippen LogP contribution in [0.1, 0.15) is 50.4 Å². The minimum Gasteiger partial charge on any atom is -0.481 e. The van der Waals surface area contributed by atoms with E-state index < -0.39 is 5.97 Å². The van der Waals surface area contributed by atoms with Crippen molar-refractivity contribution in [3.05, 3.63) is 22.4 Å². The molecule has 1 aliphatic rings. The number of hydrogen-bond donors (Lipinski definition) is 2. The SMILES string of the molecule is CC1CCC(C)C(NC(CC(=O)O)c2cccs2)C1. The van der Waals surface area contributed by atoms with Crippen molar-refractivity contribution in [2.24, 2.45) is 11.8 Å². The summed E-state index contributed by atoms with van der Waals surface area (Å²) in [6.07, 6.45) is 3.85. The molecule has 4 atom stereocenters. The molecule has 3 nitrogen and oxygen atoms in total. The van der Waals surface area contributed by atoms with Crippen molar-refractivity contribution < 1.29 is 9.90 Å². The lowest BCUT2D eigenvalue weighted by atomic mass is 9.79. The van der Waals surface area contributed by atoms with Gasteiger partial charge >= 0.3 is 5.97 Å². The van der Waals surface area contributed by atoms with E-state index in [4.69, 9.17) is 5.11 Å². The van der Waals surface area contributed by atoms with Gasteiger partial charge in [-0.2, -0.15) is 0 Å². The van der Waals surface area contributed by atoms with Crippen LogP contribution in [0.15, 0.2) is 17.5 Å². The number of rotatable bonds is 5. The lowest BCUT2D eigenvalue weighted by molar-refractivity contribution is -0.137. The molecule has 19 heavy (non-hydrogen) atoms. The molecule has 2 N–H and O–H groups in total. The van der Waals surface area contributed by atoms with Crippen LogP contribution in [0.3, 0.4) is 0 Å². The Balaban J connectivity index is 2.04. The summed E-state index contributed by atoms with van der Waals surface area (Å²) >= 11 is 1.64. The van der Waals surface area contributed by atoms with Gasteiger partial charge in [0.05, 0.1) is 12.5 Å². The molecule has 0 radical (unpaired) electrons. The van der Waals surface area contributed by atoms with Gasteiger partial charge in [-0.25, -0.2) is 0 Å². The molecular formula is C15H23NO2S. The Hall–Kier alpha value is -0.870. The van der Waals surface area contributed by atoms with Gasteiger partial charge in [0.25, 0.3) is 0 Å². The van der Waals surface area contributed by atoms with E-state index in [0.29, 0.717) is 12.0 Å². The van der Waals surface area contributed by atoms with Crippen LogP contribution in [0.2, 0.25) is 0 Å². The van der Waals surface area contributed by atoms with Crippen molar-refractivity contribution in [2.75, 3.05) is 0 Å². The molecule has 106 valence electrons. The van der Waals surface area contributed by atoms with Gasteiger partial charge in [0.1, 0.15) is 0 Å². The fourth-order valence-corrected chi connectivity index (χ4v) is 3.72. The van der Waals surface area contributed by atoms with Gasteiger partial charge in [-0.15, -0.1) is 11.3 Å². The average Bonchev–Trinajstić information content (AvgIpc) is 2.86. The Kier molecular flexibility index (Phi) is 4.99. The van der Waals surface area contributed by atoms with E-state index in [2.05, 4.69) is 19.2 Å². The zero-order valence-electron chi connectivity index (χ0n) is 11.6. The van der Waals surface area contributed by atoms with Crippen LogP contribution < -0.4 is 5.32 Å². The van der Waals surface area contributed by atoms with Crippen LogP contribution >= 0.6 is 11.3 Å². The Morgan fingerprint density at radius 2 is 2.32 bits per heavy atom. The van der Waals surface area contributed by atoms with E-state index in [1.54, 1.807) is 11.3 Å². The first-order valence-corrected chi connectivity index (χ1v) is 7.95. The summed E-state index contributed by atoms with van der Waals surface area (Å²) in [7, 11) is 0. The molecule has 0 amide bonds. The van der Waals surface area contributed by atoms with Gasteiger partial charge in [-0.3, -0.25) is 4.79 Å². The van der Waals surface area contributed by atoms with E-state index in [0.717, 1.165) is 17.2 Å². The number of carboxylic acid groups (broad SMARTS) is 1. The summed E-state index contributed by atoms with van der Waals surface area (Å²) in [4.78, 5) is 12.2. The number of thiophene rings is 1. The molecule has 1 heterocycles. The maximum atomic E-state index is 11.1. The first-order chi connectivity index (χ1) is 9.06. The van der Waals surface area contributed by atoms with Gasteiger partial charge in [0.2, 0.25) is 0 Å². The number of carboxylic acids is 1. The second kappa shape index (κ2) is 6.53. The third kappa shape index (κ3) is 4.05. The molecule has 0 spiro atoms. The van der Waals surface area contributed by atoms with E-state index in [-0.39, 0.29) is 12.5 Å². The maximum absolute atomic E-state index is 11.1. The number of aliphatic carboxylic acids is 1. The van der Waals surface area contributed by atoms with E-state index in [9.17, 15) is 4.79 Å². The number of hydrogen-bond acceptors (Lipinski definition) is 3. The van der Waals surface area contributed by atoms with Crippen molar-refractivity contribution in [1.29, 1.82) is 0 Å². The first-order valence-electron chi connectivity index (χ1n) is 7.07. The van der Waals surface area contributed by atoms with Crippen LogP contribution in [-0.2, 0) is 4.79 Å². The molecule has 4 unspecified atom stereocenters. The predicted octanol–water partition coefficient (Wildman–Crippen LogP) is 3.68. The van der Waals surface area contributed by atoms with E-state index >= 15 is 0 Å². The Morgan fingerprint density at radius 3 is 2.95 bits per heavy atom. The third-order valence-electron chi connectivity index (χ3n) is 4.14. The van der Waals surface area contributed by atoms with Crippen molar-refractivity contribution in [3.8, 4) is 0 Å². The first kappa shape index (κ1) is 14.5. The van der Waals surface area contributed by atoms with Crippen LogP contribution in [0.25, 0.3) is 0 Å². The highest BCUT2D eigenvalue weighted by Crippen LogP contribution is 2.31. The molecule has 0 aliphatic heterocycles. The van der Waals surface area contributed by atoms with Crippen molar-refractivity contribution >= 4 is 17.3 Å². The zero-order chi connectivity index (χ0) is 13.8. The molecule has 1 aromatic heterocycles. The summed E-state index contributed by atoms with van der Waals surface area (Å²) in [5.41, 5.74) is 0. The minimum atomic E-state index is -0.734. The van der Waals surface area contributed by atoms with Gasteiger partial charge in [-0.05, 0) is 36.1 Å². The van der Waals surface area contributed by atoms with Crippen LogP contribution in [0.5, 0.6) is 0 Å². The summed E-state index contributed by atoms with van der Waals surface area (Å²) < 4.78 is 0. The van der Waals surface area contributed by atoms with Crippen molar-refractivity contribution in [2.45, 2.75) is 51.6 Å². The normalized spacial score (nSPS) is 29.1. The van der Waals surface area contributed by atoms with Crippen molar-refractivity contribution in [1.82, 2.24) is 5.32 Å². The van der Waals surface area contributed by atoms with Crippen molar-refractivity contribution in [3.63, 3.8) is 0 Å². The van der Waals surface area contributed by atoms with Crippen LogP contribution in [0.4, 0.5) is 0 Å². The minimum absolute atomic E-state index is 0.0461. The molecule has 0 aromatic carbocycles. The van der Waals surface area contributed by atoms with Crippen LogP contribution in [0, 0.1) is 11.8 Å². The number of nitrogens with one attached hydrogen (secondary N) is 1. The van der Waals surface area contributed by atoms with E-state index in [1.807, 2.05) is 17.5 Å². The number of carbonyl (C=O) groups is 1. The second-order valence-electron chi connectivity index (χ2n) is 5.83. The highest BCUT2D eigenvalue weighted by Gasteiger charge is 2.28. The Morgan fingerprint density at radius 1 is 1.53 bits per heavy atom. The summed E-state index contributed by atoms with van der Waals surface area (Å²) in [5, 5.41) is 14.7. The average molecular weight is 281 g/mol. The molecular weight excluding hydrogens is 258 g/mol. The molecule has 0 saturated heterocycles. The van der Waals surface area contributed by atoms with Gasteiger partial charge < -0.3 is 10.4 Å². The summed E-state index contributed by atoms with van der Waals surface area (Å²) in [6, 6.07) is 4.41. The Labute approximate surface area is 119 Å². The Bertz CT molecular complexity index is 404. The molecule has 1 aliphatic carbocycles. The molecule has 1 saturated carbocycles. The lowest BCUT2D eigenvalue weighted by Gasteiger charge is -2.35. The highest BCUT2D eigenvalue weighted by molar-refractivity contribution is 7.10. The summed E-state index contributed by atoms with van der Waals surface area (Å²) in [6.45, 7) is 4.56. The topological polar surface area (TPSA) is 49.3 Å². The quantitative estimate of drug-likeness (QED) is 0.865. The fraction of sp³-hybridized carbons (Fsp3) is 0.667. The standard InChI is InChI=1S/C15H23NO2S/c1-10-5-6-11(2)12(8-10)16-13(9-15(17)18)14-4-3-7-19-14/h3-4,7,10-13,16H,5-6,8-9H2,1-2H3,(H,17,18). The third-order valence-corrected chi connectivity index (χ3v) is 5.12. The zero-order valence-corrected chi connectivity index (χ0v) is 12.5. The fourth-order valence-electron chi connectivity index (χ4n) is 2.93. The molecule has 4 heteroatoms. The smallest absolute Gasteiger partial charge is 0.305 e. The molecule has 1 aromatic rings. The molecule has 0 bridgehead atoms. The predicted molar refractivity (Wildman–Crippen MR) is 78.4 cm³/mol. The van der Waals surface area contributed by atoms with Gasteiger partial charge in [-0.1, -0.05) is 26.3 Å². The molecule has 1 fully saturated rings. The monoisotopic (exact) mass is 281 g/mol. The highest BCUT2D eigenvalue weighted by atomic mass is 32.1. The van der Waals surface area contributed by atoms with E-state index in [1.165, 1.54) is 12.8 Å². The molecule has 2 rings (SSSR count). The second-order valence-corrected chi connectivity index (χ2v) is 6.81. The largest absolute Gasteiger partial charge is 0.481 e.